The third-order valence-corrected chi connectivity index (χ3v) is 6.65. The lowest BCUT2D eigenvalue weighted by Crippen LogP contribution is -2.48. The number of hydrogen-bond acceptors (Lipinski definition) is 5. The van der Waals surface area contributed by atoms with Crippen molar-refractivity contribution >= 4 is 34.0 Å². The minimum atomic E-state index is -0.0781. The fraction of sp³-hybridized carbons (Fsp3) is 0.333. The Kier molecular flexibility index (Phi) is 7.35. The molecule has 1 saturated heterocycles. The fourth-order valence-electron chi connectivity index (χ4n) is 4.04. The van der Waals surface area contributed by atoms with Crippen LogP contribution < -0.4 is 5.32 Å². The quantitative estimate of drug-likeness (QED) is 0.562. The number of carbonyl (C=O) groups excluding carboxylic acids is 1. The number of nitrogens with zero attached hydrogens (tertiary/aromatic N) is 3. The Morgan fingerprint density at radius 2 is 1.74 bits per heavy atom. The van der Waals surface area contributed by atoms with Crippen LogP contribution >= 0.6 is 22.9 Å². The molecule has 1 amide bonds. The number of rotatable bonds is 7. The average Bonchev–Trinajstić information content (AvgIpc) is 3.22. The van der Waals surface area contributed by atoms with Gasteiger partial charge in [0, 0.05) is 56.5 Å². The molecule has 1 aliphatic heterocycles. The van der Waals surface area contributed by atoms with Crippen molar-refractivity contribution in [2.75, 3.05) is 38.0 Å². The van der Waals surface area contributed by atoms with E-state index in [0.717, 1.165) is 49.9 Å². The summed E-state index contributed by atoms with van der Waals surface area (Å²) in [6.07, 6.45) is 0.898. The normalized spacial score (nSPS) is 16.2. The van der Waals surface area contributed by atoms with E-state index in [2.05, 4.69) is 62.6 Å². The van der Waals surface area contributed by atoms with Crippen molar-refractivity contribution in [2.24, 2.45) is 0 Å². The molecule has 162 valence electrons. The number of piperazine rings is 1. The number of anilines is 1. The molecular formula is C24H27ClN4OS. The van der Waals surface area contributed by atoms with Gasteiger partial charge in [0.1, 0.15) is 0 Å². The molecule has 1 N–H and O–H groups in total. The van der Waals surface area contributed by atoms with Gasteiger partial charge in [-0.1, -0.05) is 54.1 Å². The summed E-state index contributed by atoms with van der Waals surface area (Å²) in [5.41, 5.74) is 3.63. The van der Waals surface area contributed by atoms with Crippen molar-refractivity contribution in [2.45, 2.75) is 19.4 Å². The highest BCUT2D eigenvalue weighted by atomic mass is 35.5. The Bertz CT molecular complexity index is 984. The first kappa shape index (κ1) is 22.0. The van der Waals surface area contributed by atoms with Crippen molar-refractivity contribution in [1.82, 2.24) is 14.8 Å². The molecule has 3 aromatic rings. The van der Waals surface area contributed by atoms with Crippen LogP contribution in [0.1, 0.15) is 29.8 Å². The van der Waals surface area contributed by atoms with Crippen LogP contribution in [-0.2, 0) is 11.2 Å². The predicted octanol–water partition coefficient (Wildman–Crippen LogP) is 4.70. The second kappa shape index (κ2) is 10.4. The van der Waals surface area contributed by atoms with Crippen LogP contribution in [0.3, 0.4) is 0 Å². The summed E-state index contributed by atoms with van der Waals surface area (Å²) in [5, 5.41) is 6.24. The van der Waals surface area contributed by atoms with Gasteiger partial charge in [-0.15, -0.1) is 11.3 Å². The topological polar surface area (TPSA) is 48.5 Å². The van der Waals surface area contributed by atoms with E-state index >= 15 is 0 Å². The first-order valence-electron chi connectivity index (χ1n) is 10.6. The van der Waals surface area contributed by atoms with Crippen LogP contribution in [0.4, 0.5) is 5.13 Å². The van der Waals surface area contributed by atoms with Crippen LogP contribution in [-0.4, -0.2) is 53.4 Å². The van der Waals surface area contributed by atoms with E-state index in [9.17, 15) is 4.79 Å². The molecule has 0 aliphatic carbocycles. The molecule has 1 aromatic heterocycles. The number of hydrogen-bond donors (Lipinski definition) is 1. The molecule has 2 heterocycles. The van der Waals surface area contributed by atoms with Crippen molar-refractivity contribution < 1.29 is 4.79 Å². The predicted molar refractivity (Wildman–Crippen MR) is 128 cm³/mol. The second-order valence-electron chi connectivity index (χ2n) is 7.82. The summed E-state index contributed by atoms with van der Waals surface area (Å²) in [4.78, 5) is 20.7. The SMILES string of the molecule is CC(=O)Nc1nc(CCN2CCN(C(c3ccccc3)c3ccc(Cl)cc3)CC2)cs1. The van der Waals surface area contributed by atoms with E-state index < -0.39 is 0 Å². The molecule has 4 rings (SSSR count). The minimum absolute atomic E-state index is 0.0781. The maximum Gasteiger partial charge on any atom is 0.223 e. The molecule has 5 nitrogen and oxygen atoms in total. The summed E-state index contributed by atoms with van der Waals surface area (Å²) in [6.45, 7) is 6.56. The van der Waals surface area contributed by atoms with Crippen LogP contribution in [0.15, 0.2) is 60.0 Å². The Morgan fingerprint density at radius 1 is 1.06 bits per heavy atom. The lowest BCUT2D eigenvalue weighted by molar-refractivity contribution is -0.114. The molecule has 0 bridgehead atoms. The Balaban J connectivity index is 1.37. The smallest absolute Gasteiger partial charge is 0.223 e. The Hall–Kier alpha value is -2.25. The molecule has 1 aliphatic rings. The van der Waals surface area contributed by atoms with E-state index in [-0.39, 0.29) is 11.9 Å². The second-order valence-corrected chi connectivity index (χ2v) is 9.11. The number of carbonyl (C=O) groups is 1. The van der Waals surface area contributed by atoms with Gasteiger partial charge >= 0.3 is 0 Å². The van der Waals surface area contributed by atoms with Gasteiger partial charge in [0.05, 0.1) is 11.7 Å². The van der Waals surface area contributed by atoms with Crippen molar-refractivity contribution in [3.05, 3.63) is 81.8 Å². The maximum absolute atomic E-state index is 11.2. The zero-order valence-corrected chi connectivity index (χ0v) is 19.2. The molecule has 0 radical (unpaired) electrons. The Morgan fingerprint density at radius 3 is 2.42 bits per heavy atom. The van der Waals surface area contributed by atoms with Crippen molar-refractivity contribution in [3.63, 3.8) is 0 Å². The van der Waals surface area contributed by atoms with Crippen LogP contribution in [0, 0.1) is 0 Å². The number of benzene rings is 2. The molecule has 0 spiro atoms. The molecule has 1 fully saturated rings. The van der Waals surface area contributed by atoms with Crippen LogP contribution in [0.25, 0.3) is 0 Å². The summed E-state index contributed by atoms with van der Waals surface area (Å²) >= 11 is 7.62. The highest BCUT2D eigenvalue weighted by Crippen LogP contribution is 2.30. The summed E-state index contributed by atoms with van der Waals surface area (Å²) in [7, 11) is 0. The summed E-state index contributed by atoms with van der Waals surface area (Å²) < 4.78 is 0. The molecule has 2 aromatic carbocycles. The highest BCUT2D eigenvalue weighted by Gasteiger charge is 2.26. The first-order chi connectivity index (χ1) is 15.1. The van der Waals surface area contributed by atoms with Gasteiger partial charge in [0.2, 0.25) is 5.91 Å². The lowest BCUT2D eigenvalue weighted by Gasteiger charge is -2.39. The first-order valence-corrected chi connectivity index (χ1v) is 11.8. The van der Waals surface area contributed by atoms with E-state index in [1.54, 1.807) is 0 Å². The van der Waals surface area contributed by atoms with Gasteiger partial charge < -0.3 is 10.2 Å². The molecular weight excluding hydrogens is 428 g/mol. The minimum Gasteiger partial charge on any atom is -0.302 e. The number of thiazole rings is 1. The molecule has 1 atom stereocenters. The molecule has 1 unspecified atom stereocenters. The van der Waals surface area contributed by atoms with E-state index in [4.69, 9.17) is 11.6 Å². The van der Waals surface area contributed by atoms with E-state index in [1.165, 1.54) is 29.4 Å². The number of aromatic nitrogens is 1. The highest BCUT2D eigenvalue weighted by molar-refractivity contribution is 7.13. The number of nitrogens with one attached hydrogen (secondary N) is 1. The summed E-state index contributed by atoms with van der Waals surface area (Å²) in [5.74, 6) is -0.0781. The standard InChI is InChI=1S/C24H27ClN4OS/c1-18(30)26-24-27-22(17-31-24)11-12-28-13-15-29(16-14-28)23(19-5-3-2-4-6-19)20-7-9-21(25)10-8-20/h2-10,17,23H,11-16H2,1H3,(H,26,27,30). The molecule has 7 heteroatoms. The number of halogens is 1. The van der Waals surface area contributed by atoms with Gasteiger partial charge in [0.15, 0.2) is 5.13 Å². The van der Waals surface area contributed by atoms with Gasteiger partial charge in [-0.3, -0.25) is 9.69 Å². The molecule has 31 heavy (non-hydrogen) atoms. The zero-order chi connectivity index (χ0) is 21.6. The van der Waals surface area contributed by atoms with E-state index in [0.29, 0.717) is 5.13 Å². The van der Waals surface area contributed by atoms with Gasteiger partial charge in [0.25, 0.3) is 0 Å². The third-order valence-electron chi connectivity index (χ3n) is 5.59. The van der Waals surface area contributed by atoms with Gasteiger partial charge in [-0.2, -0.15) is 0 Å². The maximum atomic E-state index is 11.2. The fourth-order valence-corrected chi connectivity index (χ4v) is 4.96. The van der Waals surface area contributed by atoms with Crippen LogP contribution in [0.5, 0.6) is 0 Å². The molecule has 0 saturated carbocycles. The number of amides is 1. The summed E-state index contributed by atoms with van der Waals surface area (Å²) in [6, 6.07) is 19.2. The van der Waals surface area contributed by atoms with Gasteiger partial charge in [-0.25, -0.2) is 4.98 Å². The largest absolute Gasteiger partial charge is 0.302 e. The lowest BCUT2D eigenvalue weighted by atomic mass is 9.96. The van der Waals surface area contributed by atoms with E-state index in [1.807, 2.05) is 17.5 Å². The van der Waals surface area contributed by atoms with Crippen LogP contribution in [0.2, 0.25) is 5.02 Å². The monoisotopic (exact) mass is 454 g/mol. The zero-order valence-electron chi connectivity index (χ0n) is 17.6. The van der Waals surface area contributed by atoms with Crippen molar-refractivity contribution in [1.29, 1.82) is 0 Å². The third kappa shape index (κ3) is 5.92. The Labute approximate surface area is 192 Å². The average molecular weight is 455 g/mol. The van der Waals surface area contributed by atoms with Gasteiger partial charge in [-0.05, 0) is 23.3 Å². The van der Waals surface area contributed by atoms with Crippen molar-refractivity contribution in [3.8, 4) is 0 Å².